The molecule has 0 bridgehead atoms. The van der Waals surface area contributed by atoms with Crippen molar-refractivity contribution in [1.29, 1.82) is 0 Å². The molecule has 70 valence electrons. The van der Waals surface area contributed by atoms with Gasteiger partial charge in [0.05, 0.1) is 13.2 Å². The predicted molar refractivity (Wildman–Crippen MR) is 42.6 cm³/mol. The van der Waals surface area contributed by atoms with Crippen molar-refractivity contribution in [2.75, 3.05) is 13.2 Å². The molecule has 1 aliphatic heterocycles. The highest BCUT2D eigenvalue weighted by atomic mass is 16.7. The summed E-state index contributed by atoms with van der Waals surface area (Å²) in [5.74, 6) is -0.0810. The van der Waals surface area contributed by atoms with Crippen molar-refractivity contribution < 1.29 is 9.63 Å². The fourth-order valence-electron chi connectivity index (χ4n) is 1.16. The molecule has 2 heterocycles. The lowest BCUT2D eigenvalue weighted by atomic mass is 10.4. The maximum atomic E-state index is 11.5. The van der Waals surface area contributed by atoms with Crippen LogP contribution in [0.15, 0.2) is 6.33 Å². The first-order valence-corrected chi connectivity index (χ1v) is 4.08. The van der Waals surface area contributed by atoms with Crippen LogP contribution in [0.2, 0.25) is 0 Å². The van der Waals surface area contributed by atoms with Crippen molar-refractivity contribution in [3.63, 3.8) is 0 Å². The Morgan fingerprint density at radius 2 is 2.54 bits per heavy atom. The van der Waals surface area contributed by atoms with Crippen molar-refractivity contribution >= 4 is 5.91 Å². The van der Waals surface area contributed by atoms with Crippen molar-refractivity contribution in [3.8, 4) is 0 Å². The summed E-state index contributed by atoms with van der Waals surface area (Å²) >= 11 is 0. The molecule has 0 unspecified atom stereocenters. The summed E-state index contributed by atoms with van der Waals surface area (Å²) in [5.41, 5.74) is 0. The molecule has 6 heteroatoms. The molecule has 1 aliphatic rings. The fraction of sp³-hybridized carbons (Fsp3) is 0.571. The van der Waals surface area contributed by atoms with E-state index in [1.54, 1.807) is 7.05 Å². The van der Waals surface area contributed by atoms with Crippen molar-refractivity contribution in [1.82, 2.24) is 19.8 Å². The maximum Gasteiger partial charge on any atom is 0.317 e. The van der Waals surface area contributed by atoms with Gasteiger partial charge in [-0.1, -0.05) is 0 Å². The van der Waals surface area contributed by atoms with Gasteiger partial charge in [0.25, 0.3) is 0 Å². The van der Waals surface area contributed by atoms with Gasteiger partial charge in [-0.15, -0.1) is 5.10 Å². The molecule has 0 atom stereocenters. The number of aryl methyl sites for hydroxylation is 1. The molecule has 1 saturated heterocycles. The van der Waals surface area contributed by atoms with Gasteiger partial charge in [-0.05, 0) is 6.42 Å². The van der Waals surface area contributed by atoms with Crippen LogP contribution in [-0.2, 0) is 11.9 Å². The van der Waals surface area contributed by atoms with Gasteiger partial charge in [-0.25, -0.2) is 10.0 Å². The van der Waals surface area contributed by atoms with E-state index in [1.165, 1.54) is 16.1 Å². The van der Waals surface area contributed by atoms with E-state index in [1.807, 2.05) is 0 Å². The molecular formula is C7H10N4O2. The summed E-state index contributed by atoms with van der Waals surface area (Å²) in [6, 6.07) is 0. The average molecular weight is 182 g/mol. The van der Waals surface area contributed by atoms with E-state index in [4.69, 9.17) is 4.84 Å². The van der Waals surface area contributed by atoms with E-state index in [-0.39, 0.29) is 11.7 Å². The third-order valence-corrected chi connectivity index (χ3v) is 1.77. The predicted octanol–water partition coefficient (Wildman–Crippen LogP) is -0.407. The minimum atomic E-state index is -0.266. The van der Waals surface area contributed by atoms with E-state index in [2.05, 4.69) is 10.1 Å². The van der Waals surface area contributed by atoms with Crippen molar-refractivity contribution in [2.45, 2.75) is 6.42 Å². The summed E-state index contributed by atoms with van der Waals surface area (Å²) in [5, 5.41) is 5.19. The highest BCUT2D eigenvalue weighted by Gasteiger charge is 2.23. The quantitative estimate of drug-likeness (QED) is 0.592. The Morgan fingerprint density at radius 1 is 1.69 bits per heavy atom. The summed E-state index contributed by atoms with van der Waals surface area (Å²) in [4.78, 5) is 20.4. The number of hydrogen-bond donors (Lipinski definition) is 0. The van der Waals surface area contributed by atoms with E-state index < -0.39 is 0 Å². The molecule has 1 amide bonds. The van der Waals surface area contributed by atoms with Crippen LogP contribution < -0.4 is 0 Å². The number of hydroxylamine groups is 2. The standard InChI is InChI=1S/C7H10N4O2/c1-10-5-8-6(9-10)7(12)11-3-2-4-13-11/h5H,2-4H2,1H3. The third-order valence-electron chi connectivity index (χ3n) is 1.77. The van der Waals surface area contributed by atoms with Gasteiger partial charge in [0.1, 0.15) is 6.33 Å². The molecule has 0 spiro atoms. The molecule has 0 saturated carbocycles. The van der Waals surface area contributed by atoms with Crippen LogP contribution in [0.3, 0.4) is 0 Å². The maximum absolute atomic E-state index is 11.5. The van der Waals surface area contributed by atoms with Crippen LogP contribution in [0.4, 0.5) is 0 Å². The summed E-state index contributed by atoms with van der Waals surface area (Å²) in [6.45, 7) is 1.22. The zero-order valence-electron chi connectivity index (χ0n) is 7.30. The average Bonchev–Trinajstić information content (AvgIpc) is 2.72. The van der Waals surface area contributed by atoms with Crippen LogP contribution in [0.25, 0.3) is 0 Å². The summed E-state index contributed by atoms with van der Waals surface area (Å²) in [6.07, 6.45) is 2.36. The van der Waals surface area contributed by atoms with Gasteiger partial charge in [-0.3, -0.25) is 14.3 Å². The second-order valence-corrected chi connectivity index (χ2v) is 2.84. The second-order valence-electron chi connectivity index (χ2n) is 2.84. The molecule has 1 aromatic heterocycles. The molecule has 1 fully saturated rings. The number of hydrogen-bond acceptors (Lipinski definition) is 4. The van der Waals surface area contributed by atoms with Crippen LogP contribution >= 0.6 is 0 Å². The smallest absolute Gasteiger partial charge is 0.271 e. The molecular weight excluding hydrogens is 172 g/mol. The Hall–Kier alpha value is -1.43. The fourth-order valence-corrected chi connectivity index (χ4v) is 1.16. The van der Waals surface area contributed by atoms with E-state index in [9.17, 15) is 4.79 Å². The molecule has 0 radical (unpaired) electrons. The van der Waals surface area contributed by atoms with Crippen molar-refractivity contribution in [2.24, 2.45) is 7.05 Å². The molecule has 1 aromatic rings. The molecule has 0 aliphatic carbocycles. The normalized spacial score (nSPS) is 16.5. The van der Waals surface area contributed by atoms with E-state index >= 15 is 0 Å². The number of rotatable bonds is 1. The Labute approximate surface area is 75.1 Å². The highest BCUT2D eigenvalue weighted by molar-refractivity contribution is 5.89. The van der Waals surface area contributed by atoms with Gasteiger partial charge in [0.2, 0.25) is 5.82 Å². The minimum Gasteiger partial charge on any atom is -0.271 e. The number of aromatic nitrogens is 3. The zero-order valence-corrected chi connectivity index (χ0v) is 7.30. The zero-order chi connectivity index (χ0) is 9.26. The second kappa shape index (κ2) is 3.14. The highest BCUT2D eigenvalue weighted by Crippen LogP contribution is 2.07. The first kappa shape index (κ1) is 8.18. The lowest BCUT2D eigenvalue weighted by molar-refractivity contribution is -0.0775. The SMILES string of the molecule is Cn1cnc(C(=O)N2CCCO2)n1. The number of carbonyl (C=O) groups is 1. The Bertz CT molecular complexity index is 316. The third kappa shape index (κ3) is 1.52. The van der Waals surface area contributed by atoms with Gasteiger partial charge >= 0.3 is 5.91 Å². The Kier molecular flexibility index (Phi) is 1.97. The van der Waals surface area contributed by atoms with E-state index in [0.717, 1.165) is 6.42 Å². The molecule has 0 N–H and O–H groups in total. The number of carbonyl (C=O) groups excluding carboxylic acids is 1. The molecule has 2 rings (SSSR count). The van der Waals surface area contributed by atoms with Crippen LogP contribution in [0.5, 0.6) is 0 Å². The monoisotopic (exact) mass is 182 g/mol. The summed E-state index contributed by atoms with van der Waals surface area (Å²) < 4.78 is 1.49. The number of amides is 1. The molecule has 6 nitrogen and oxygen atoms in total. The first-order valence-electron chi connectivity index (χ1n) is 4.08. The summed E-state index contributed by atoms with van der Waals surface area (Å²) in [7, 11) is 1.72. The van der Waals surface area contributed by atoms with Crippen LogP contribution in [0.1, 0.15) is 17.0 Å². The Morgan fingerprint density at radius 3 is 3.08 bits per heavy atom. The first-order chi connectivity index (χ1) is 6.27. The largest absolute Gasteiger partial charge is 0.317 e. The van der Waals surface area contributed by atoms with Gasteiger partial charge < -0.3 is 0 Å². The van der Waals surface area contributed by atoms with Gasteiger partial charge in [0.15, 0.2) is 0 Å². The van der Waals surface area contributed by atoms with E-state index in [0.29, 0.717) is 13.2 Å². The Balaban J connectivity index is 2.12. The van der Waals surface area contributed by atoms with Gasteiger partial charge in [0, 0.05) is 7.05 Å². The van der Waals surface area contributed by atoms with Gasteiger partial charge in [-0.2, -0.15) is 0 Å². The topological polar surface area (TPSA) is 60.2 Å². The number of nitrogens with zero attached hydrogens (tertiary/aromatic N) is 4. The van der Waals surface area contributed by atoms with Crippen LogP contribution in [0, 0.1) is 0 Å². The molecule has 0 aromatic carbocycles. The van der Waals surface area contributed by atoms with Crippen LogP contribution in [-0.4, -0.2) is 38.9 Å². The lowest BCUT2D eigenvalue weighted by Crippen LogP contribution is -2.27. The molecule has 13 heavy (non-hydrogen) atoms. The van der Waals surface area contributed by atoms with Crippen molar-refractivity contribution in [3.05, 3.63) is 12.2 Å². The minimum absolute atomic E-state index is 0.185. The lowest BCUT2D eigenvalue weighted by Gasteiger charge is -2.10.